The Morgan fingerprint density at radius 2 is 1.79 bits per heavy atom. The van der Waals surface area contributed by atoms with E-state index in [2.05, 4.69) is 10.2 Å². The van der Waals surface area contributed by atoms with Crippen LogP contribution in [0.2, 0.25) is 0 Å². The minimum atomic E-state index is 0.438. The SMILES string of the molecule is S=C(NC1CC1)N1CC2CCC(C1)O2. The van der Waals surface area contributed by atoms with E-state index in [9.17, 15) is 0 Å². The number of ether oxygens (including phenoxy) is 1. The Labute approximate surface area is 89.8 Å². The molecule has 1 saturated carbocycles. The molecule has 0 amide bonds. The quantitative estimate of drug-likeness (QED) is 0.652. The molecule has 78 valence electrons. The van der Waals surface area contributed by atoms with Crippen molar-refractivity contribution in [1.82, 2.24) is 10.2 Å². The number of hydrogen-bond acceptors (Lipinski definition) is 2. The van der Waals surface area contributed by atoms with Crippen molar-refractivity contribution in [2.45, 2.75) is 43.9 Å². The lowest BCUT2D eigenvalue weighted by atomic mass is 10.2. The van der Waals surface area contributed by atoms with E-state index in [1.807, 2.05) is 0 Å². The summed E-state index contributed by atoms with van der Waals surface area (Å²) in [4.78, 5) is 2.29. The summed E-state index contributed by atoms with van der Waals surface area (Å²) in [5.41, 5.74) is 0. The van der Waals surface area contributed by atoms with Crippen molar-refractivity contribution in [3.63, 3.8) is 0 Å². The monoisotopic (exact) mass is 212 g/mol. The molecule has 0 aromatic heterocycles. The number of morpholine rings is 1. The number of nitrogens with one attached hydrogen (secondary N) is 1. The van der Waals surface area contributed by atoms with Gasteiger partial charge in [0.15, 0.2) is 5.11 Å². The van der Waals surface area contributed by atoms with Crippen LogP contribution in [0.4, 0.5) is 0 Å². The first-order valence-corrected chi connectivity index (χ1v) is 5.93. The number of hydrogen-bond donors (Lipinski definition) is 1. The van der Waals surface area contributed by atoms with Gasteiger partial charge in [-0.15, -0.1) is 0 Å². The van der Waals surface area contributed by atoms with E-state index >= 15 is 0 Å². The second kappa shape index (κ2) is 3.35. The second-order valence-corrected chi connectivity index (χ2v) is 4.97. The highest BCUT2D eigenvalue weighted by Crippen LogP contribution is 2.27. The molecule has 0 radical (unpaired) electrons. The molecule has 2 aliphatic heterocycles. The molecule has 4 heteroatoms. The topological polar surface area (TPSA) is 24.5 Å². The van der Waals surface area contributed by atoms with Crippen LogP contribution in [0.3, 0.4) is 0 Å². The number of likely N-dealkylation sites (tertiary alicyclic amines) is 1. The maximum absolute atomic E-state index is 5.77. The fraction of sp³-hybridized carbons (Fsp3) is 0.900. The maximum atomic E-state index is 5.77. The van der Waals surface area contributed by atoms with Crippen molar-refractivity contribution >= 4 is 17.3 Å². The molecule has 3 nitrogen and oxygen atoms in total. The van der Waals surface area contributed by atoms with E-state index in [1.54, 1.807) is 0 Å². The molecular weight excluding hydrogens is 196 g/mol. The summed E-state index contributed by atoms with van der Waals surface area (Å²) in [6, 6.07) is 0.669. The Balaban J connectivity index is 1.58. The van der Waals surface area contributed by atoms with Gasteiger partial charge in [-0.1, -0.05) is 0 Å². The van der Waals surface area contributed by atoms with Gasteiger partial charge < -0.3 is 15.0 Å². The van der Waals surface area contributed by atoms with Gasteiger partial charge in [0.2, 0.25) is 0 Å². The minimum absolute atomic E-state index is 0.438. The largest absolute Gasteiger partial charge is 0.371 e. The van der Waals surface area contributed by atoms with Gasteiger partial charge in [-0.3, -0.25) is 0 Å². The molecular formula is C10H16N2OS. The van der Waals surface area contributed by atoms with E-state index in [0.717, 1.165) is 18.2 Å². The van der Waals surface area contributed by atoms with Crippen molar-refractivity contribution in [3.05, 3.63) is 0 Å². The first kappa shape index (κ1) is 8.92. The standard InChI is InChI=1S/C10H16N2OS/c14-10(11-7-1-2-7)12-5-8-3-4-9(6-12)13-8/h7-9H,1-6H2,(H,11,14). The second-order valence-electron chi connectivity index (χ2n) is 4.59. The Kier molecular flexibility index (Phi) is 2.13. The van der Waals surface area contributed by atoms with Crippen LogP contribution < -0.4 is 5.32 Å². The van der Waals surface area contributed by atoms with E-state index in [4.69, 9.17) is 17.0 Å². The molecule has 0 aromatic rings. The lowest BCUT2D eigenvalue weighted by molar-refractivity contribution is -0.0159. The first-order valence-electron chi connectivity index (χ1n) is 5.52. The van der Waals surface area contributed by atoms with Crippen LogP contribution in [0, 0.1) is 0 Å². The molecule has 3 fully saturated rings. The highest BCUT2D eigenvalue weighted by Gasteiger charge is 2.35. The molecule has 3 aliphatic rings. The highest BCUT2D eigenvalue weighted by molar-refractivity contribution is 7.80. The van der Waals surface area contributed by atoms with Crippen molar-refractivity contribution in [2.75, 3.05) is 13.1 Å². The molecule has 2 bridgehead atoms. The molecule has 1 aliphatic carbocycles. The Bertz CT molecular complexity index is 243. The molecule has 2 atom stereocenters. The summed E-state index contributed by atoms with van der Waals surface area (Å²) in [5.74, 6) is 0. The fourth-order valence-corrected chi connectivity index (χ4v) is 2.59. The number of nitrogens with zero attached hydrogens (tertiary/aromatic N) is 1. The van der Waals surface area contributed by atoms with Crippen LogP contribution in [0.15, 0.2) is 0 Å². The number of thiocarbonyl (C=S) groups is 1. The summed E-state index contributed by atoms with van der Waals surface area (Å²) < 4.78 is 5.77. The zero-order valence-electron chi connectivity index (χ0n) is 8.24. The van der Waals surface area contributed by atoms with Gasteiger partial charge in [0.1, 0.15) is 0 Å². The van der Waals surface area contributed by atoms with Crippen molar-refractivity contribution < 1.29 is 4.74 Å². The predicted octanol–water partition coefficient (Wildman–Crippen LogP) is 0.886. The van der Waals surface area contributed by atoms with Crippen LogP contribution in [0.1, 0.15) is 25.7 Å². The zero-order chi connectivity index (χ0) is 9.54. The van der Waals surface area contributed by atoms with Crippen molar-refractivity contribution in [1.29, 1.82) is 0 Å². The third-order valence-corrected chi connectivity index (χ3v) is 3.61. The van der Waals surface area contributed by atoms with Gasteiger partial charge in [-0.2, -0.15) is 0 Å². The summed E-state index contributed by atoms with van der Waals surface area (Å²) >= 11 is 5.38. The Morgan fingerprint density at radius 3 is 2.36 bits per heavy atom. The fourth-order valence-electron chi connectivity index (χ4n) is 2.27. The van der Waals surface area contributed by atoms with Gasteiger partial charge in [0, 0.05) is 19.1 Å². The van der Waals surface area contributed by atoms with Crippen molar-refractivity contribution in [3.8, 4) is 0 Å². The van der Waals surface area contributed by atoms with Crippen LogP contribution >= 0.6 is 12.2 Å². The average molecular weight is 212 g/mol. The third kappa shape index (κ3) is 1.73. The summed E-state index contributed by atoms with van der Waals surface area (Å²) in [5, 5.41) is 4.35. The van der Waals surface area contributed by atoms with Gasteiger partial charge in [0.25, 0.3) is 0 Å². The molecule has 2 saturated heterocycles. The average Bonchev–Trinajstić information content (AvgIpc) is 2.93. The number of rotatable bonds is 1. The van der Waals surface area contributed by atoms with E-state index in [-0.39, 0.29) is 0 Å². The summed E-state index contributed by atoms with van der Waals surface area (Å²) in [6.45, 7) is 1.99. The van der Waals surface area contributed by atoms with Crippen LogP contribution in [-0.2, 0) is 4.74 Å². The van der Waals surface area contributed by atoms with Gasteiger partial charge >= 0.3 is 0 Å². The van der Waals surface area contributed by atoms with Gasteiger partial charge in [-0.25, -0.2) is 0 Å². The minimum Gasteiger partial charge on any atom is -0.371 e. The number of fused-ring (bicyclic) bond motifs is 2. The van der Waals surface area contributed by atoms with E-state index < -0.39 is 0 Å². The Morgan fingerprint density at radius 1 is 1.14 bits per heavy atom. The van der Waals surface area contributed by atoms with Crippen LogP contribution in [-0.4, -0.2) is 41.4 Å². The van der Waals surface area contributed by atoms with E-state index in [0.29, 0.717) is 18.2 Å². The lowest BCUT2D eigenvalue weighted by Gasteiger charge is -2.34. The van der Waals surface area contributed by atoms with E-state index in [1.165, 1.54) is 25.7 Å². The molecule has 2 unspecified atom stereocenters. The first-order chi connectivity index (χ1) is 6.81. The van der Waals surface area contributed by atoms with Gasteiger partial charge in [0.05, 0.1) is 12.2 Å². The van der Waals surface area contributed by atoms with Crippen LogP contribution in [0.25, 0.3) is 0 Å². The normalized spacial score (nSPS) is 35.9. The maximum Gasteiger partial charge on any atom is 0.169 e. The molecule has 1 N–H and O–H groups in total. The van der Waals surface area contributed by atoms with Crippen LogP contribution in [0.5, 0.6) is 0 Å². The highest BCUT2D eigenvalue weighted by atomic mass is 32.1. The zero-order valence-corrected chi connectivity index (χ0v) is 9.05. The molecule has 14 heavy (non-hydrogen) atoms. The molecule has 2 heterocycles. The van der Waals surface area contributed by atoms with Crippen molar-refractivity contribution in [2.24, 2.45) is 0 Å². The van der Waals surface area contributed by atoms with Gasteiger partial charge in [-0.05, 0) is 37.9 Å². The Hall–Kier alpha value is -0.350. The lowest BCUT2D eigenvalue weighted by Crippen LogP contribution is -2.50. The molecule has 3 rings (SSSR count). The summed E-state index contributed by atoms with van der Waals surface area (Å²) in [7, 11) is 0. The molecule has 0 spiro atoms. The third-order valence-electron chi connectivity index (χ3n) is 3.24. The predicted molar refractivity (Wildman–Crippen MR) is 58.2 cm³/mol. The smallest absolute Gasteiger partial charge is 0.169 e. The molecule has 0 aromatic carbocycles. The summed E-state index contributed by atoms with van der Waals surface area (Å²) in [6.07, 6.45) is 5.88.